The van der Waals surface area contributed by atoms with Gasteiger partial charge < -0.3 is 5.32 Å². The highest BCUT2D eigenvalue weighted by molar-refractivity contribution is 7.15. The van der Waals surface area contributed by atoms with E-state index in [1.54, 1.807) is 11.3 Å². The molecule has 0 saturated carbocycles. The van der Waals surface area contributed by atoms with E-state index >= 15 is 0 Å². The predicted molar refractivity (Wildman–Crippen MR) is 82.8 cm³/mol. The molecule has 1 N–H and O–H groups in total. The lowest BCUT2D eigenvalue weighted by atomic mass is 10.1. The molecule has 0 spiro atoms. The molecule has 0 amide bonds. The monoisotopic (exact) mass is 275 g/mol. The minimum atomic E-state index is 0.599. The average Bonchev–Trinajstić information content (AvgIpc) is 2.75. The highest BCUT2D eigenvalue weighted by Gasteiger charge is 2.09. The van der Waals surface area contributed by atoms with Crippen molar-refractivity contribution in [1.82, 2.24) is 9.97 Å². The first-order valence-electron chi connectivity index (χ1n) is 6.77. The van der Waals surface area contributed by atoms with Gasteiger partial charge in [0, 0.05) is 23.2 Å². The molecule has 0 aromatic carbocycles. The van der Waals surface area contributed by atoms with Crippen LogP contribution in [0.5, 0.6) is 0 Å². The first-order valence-corrected chi connectivity index (χ1v) is 7.58. The van der Waals surface area contributed by atoms with E-state index in [0.29, 0.717) is 5.92 Å². The summed E-state index contributed by atoms with van der Waals surface area (Å²) in [6.45, 7) is 9.49. The van der Waals surface area contributed by atoms with E-state index in [4.69, 9.17) is 4.98 Å². The number of rotatable bonds is 5. The molecule has 0 fully saturated rings. The Morgan fingerprint density at radius 1 is 1.26 bits per heavy atom. The van der Waals surface area contributed by atoms with Gasteiger partial charge in [0.25, 0.3) is 0 Å². The summed E-state index contributed by atoms with van der Waals surface area (Å²) in [4.78, 5) is 11.7. The number of anilines is 1. The van der Waals surface area contributed by atoms with Crippen molar-refractivity contribution in [2.75, 3.05) is 11.9 Å². The second-order valence-electron chi connectivity index (χ2n) is 5.11. The first-order chi connectivity index (χ1) is 9.08. The fraction of sp³-hybridized carbons (Fsp3) is 0.467. The van der Waals surface area contributed by atoms with Crippen LogP contribution in [0.3, 0.4) is 0 Å². The zero-order valence-corrected chi connectivity index (χ0v) is 12.8. The predicted octanol–water partition coefficient (Wildman–Crippen LogP) is 4.14. The number of aryl methyl sites for hydroxylation is 1. The van der Waals surface area contributed by atoms with Crippen LogP contribution in [0.4, 0.5) is 5.82 Å². The van der Waals surface area contributed by atoms with Gasteiger partial charge >= 0.3 is 0 Å². The molecular formula is C15H21N3S. The Morgan fingerprint density at radius 3 is 2.63 bits per heavy atom. The van der Waals surface area contributed by atoms with E-state index in [0.717, 1.165) is 35.2 Å². The molecule has 0 radical (unpaired) electrons. The Bertz CT molecular complexity index is 546. The van der Waals surface area contributed by atoms with Gasteiger partial charge in [0.2, 0.25) is 0 Å². The number of aromatic nitrogens is 2. The van der Waals surface area contributed by atoms with Crippen LogP contribution in [0, 0.1) is 12.8 Å². The molecule has 3 nitrogen and oxygen atoms in total. The van der Waals surface area contributed by atoms with Crippen molar-refractivity contribution in [3.63, 3.8) is 0 Å². The Labute approximate surface area is 119 Å². The van der Waals surface area contributed by atoms with Crippen molar-refractivity contribution >= 4 is 17.2 Å². The van der Waals surface area contributed by atoms with Gasteiger partial charge in [-0.3, -0.25) is 0 Å². The number of nitrogens with zero attached hydrogens (tertiary/aromatic N) is 2. The fourth-order valence-corrected chi connectivity index (χ4v) is 2.76. The van der Waals surface area contributed by atoms with E-state index in [9.17, 15) is 0 Å². The Balaban J connectivity index is 2.38. The van der Waals surface area contributed by atoms with Gasteiger partial charge in [-0.2, -0.15) is 0 Å². The fourth-order valence-electron chi connectivity index (χ4n) is 1.96. The normalized spacial score (nSPS) is 11.0. The first kappa shape index (κ1) is 14.0. The van der Waals surface area contributed by atoms with Crippen molar-refractivity contribution in [2.45, 2.75) is 34.1 Å². The van der Waals surface area contributed by atoms with E-state index in [1.165, 1.54) is 4.88 Å². The van der Waals surface area contributed by atoms with Crippen LogP contribution in [0.15, 0.2) is 18.2 Å². The van der Waals surface area contributed by atoms with E-state index in [2.05, 4.69) is 56.2 Å². The Hall–Kier alpha value is -1.42. The van der Waals surface area contributed by atoms with Gasteiger partial charge in [0.15, 0.2) is 5.82 Å². The summed E-state index contributed by atoms with van der Waals surface area (Å²) in [6.07, 6.45) is 0.984. The smallest absolute Gasteiger partial charge is 0.171 e. The standard InChI is InChI=1S/C15H21N3S/c1-5-16-14-9-12(8-10(2)3)17-15(18-14)13-7-6-11(4)19-13/h6-7,9-10H,5,8H2,1-4H3,(H,16,17,18). The van der Waals surface area contributed by atoms with Crippen molar-refractivity contribution in [3.8, 4) is 10.7 Å². The molecule has 19 heavy (non-hydrogen) atoms. The number of hydrogen-bond donors (Lipinski definition) is 1. The van der Waals surface area contributed by atoms with Crippen LogP contribution >= 0.6 is 11.3 Å². The molecule has 0 aliphatic heterocycles. The van der Waals surface area contributed by atoms with E-state index in [-0.39, 0.29) is 0 Å². The molecule has 2 heterocycles. The van der Waals surface area contributed by atoms with Crippen molar-refractivity contribution < 1.29 is 0 Å². The second kappa shape index (κ2) is 6.15. The molecule has 0 atom stereocenters. The molecule has 2 rings (SSSR count). The third-order valence-corrected chi connectivity index (χ3v) is 3.71. The molecule has 2 aromatic heterocycles. The summed E-state index contributed by atoms with van der Waals surface area (Å²) in [5.74, 6) is 2.36. The minimum Gasteiger partial charge on any atom is -0.370 e. The van der Waals surface area contributed by atoms with Gasteiger partial charge in [-0.05, 0) is 38.3 Å². The highest BCUT2D eigenvalue weighted by Crippen LogP contribution is 2.26. The van der Waals surface area contributed by atoms with Crippen molar-refractivity contribution in [1.29, 1.82) is 0 Å². The van der Waals surface area contributed by atoms with Gasteiger partial charge in [-0.1, -0.05) is 13.8 Å². The van der Waals surface area contributed by atoms with Crippen molar-refractivity contribution in [2.24, 2.45) is 5.92 Å². The van der Waals surface area contributed by atoms with Crippen LogP contribution < -0.4 is 5.32 Å². The van der Waals surface area contributed by atoms with Gasteiger partial charge in [0.05, 0.1) is 4.88 Å². The summed E-state index contributed by atoms with van der Waals surface area (Å²) >= 11 is 1.74. The van der Waals surface area contributed by atoms with Crippen LogP contribution in [-0.4, -0.2) is 16.5 Å². The zero-order valence-electron chi connectivity index (χ0n) is 12.0. The lowest BCUT2D eigenvalue weighted by Crippen LogP contribution is -2.05. The molecule has 0 aliphatic rings. The maximum Gasteiger partial charge on any atom is 0.171 e. The van der Waals surface area contributed by atoms with Gasteiger partial charge in [-0.25, -0.2) is 9.97 Å². The van der Waals surface area contributed by atoms with Gasteiger partial charge in [-0.15, -0.1) is 11.3 Å². The second-order valence-corrected chi connectivity index (χ2v) is 6.39. The number of thiophene rings is 1. The molecule has 0 unspecified atom stereocenters. The average molecular weight is 275 g/mol. The number of hydrogen-bond acceptors (Lipinski definition) is 4. The lowest BCUT2D eigenvalue weighted by Gasteiger charge is -2.09. The summed E-state index contributed by atoms with van der Waals surface area (Å²) in [7, 11) is 0. The summed E-state index contributed by atoms with van der Waals surface area (Å²) in [6, 6.07) is 6.28. The SMILES string of the molecule is CCNc1cc(CC(C)C)nc(-c2ccc(C)s2)n1. The molecule has 2 aromatic rings. The summed E-state index contributed by atoms with van der Waals surface area (Å²) in [5.41, 5.74) is 1.11. The Morgan fingerprint density at radius 2 is 2.05 bits per heavy atom. The van der Waals surface area contributed by atoms with Crippen LogP contribution in [0.2, 0.25) is 0 Å². The molecule has 102 valence electrons. The van der Waals surface area contributed by atoms with Gasteiger partial charge in [0.1, 0.15) is 5.82 Å². The molecule has 0 aliphatic carbocycles. The Kier molecular flexibility index (Phi) is 4.53. The van der Waals surface area contributed by atoms with E-state index in [1.807, 2.05) is 0 Å². The number of nitrogens with one attached hydrogen (secondary N) is 1. The topological polar surface area (TPSA) is 37.8 Å². The van der Waals surface area contributed by atoms with Crippen molar-refractivity contribution in [3.05, 3.63) is 28.8 Å². The molecular weight excluding hydrogens is 254 g/mol. The molecule has 0 saturated heterocycles. The third kappa shape index (κ3) is 3.77. The quantitative estimate of drug-likeness (QED) is 0.891. The third-order valence-electron chi connectivity index (χ3n) is 2.72. The lowest BCUT2D eigenvalue weighted by molar-refractivity contribution is 0.635. The maximum absolute atomic E-state index is 4.70. The highest BCUT2D eigenvalue weighted by atomic mass is 32.1. The largest absolute Gasteiger partial charge is 0.370 e. The van der Waals surface area contributed by atoms with Crippen LogP contribution in [-0.2, 0) is 6.42 Å². The summed E-state index contributed by atoms with van der Waals surface area (Å²) in [5, 5.41) is 3.29. The molecule has 4 heteroatoms. The molecule has 0 bridgehead atoms. The summed E-state index contributed by atoms with van der Waals surface area (Å²) < 4.78 is 0. The minimum absolute atomic E-state index is 0.599. The van der Waals surface area contributed by atoms with E-state index < -0.39 is 0 Å². The van der Waals surface area contributed by atoms with Crippen LogP contribution in [0.25, 0.3) is 10.7 Å². The maximum atomic E-state index is 4.70. The zero-order chi connectivity index (χ0) is 13.8. The van der Waals surface area contributed by atoms with Crippen LogP contribution in [0.1, 0.15) is 31.3 Å².